The highest BCUT2D eigenvalue weighted by Gasteiger charge is 2.22. The molecular formula is C21H39N7O3. The molecule has 10 nitrogen and oxygen atoms in total. The van der Waals surface area contributed by atoms with Gasteiger partial charge in [-0.05, 0) is 25.7 Å². The fourth-order valence-electron chi connectivity index (χ4n) is 3.96. The van der Waals surface area contributed by atoms with Crippen molar-refractivity contribution in [2.24, 2.45) is 5.73 Å². The fourth-order valence-corrected chi connectivity index (χ4v) is 3.96. The molecule has 10 heteroatoms. The van der Waals surface area contributed by atoms with E-state index in [0.717, 1.165) is 19.4 Å². The number of nitrogens with one attached hydrogen (secondary N) is 2. The molecule has 4 N–H and O–H groups in total. The van der Waals surface area contributed by atoms with E-state index in [2.05, 4.69) is 32.5 Å². The van der Waals surface area contributed by atoms with Gasteiger partial charge in [0.05, 0.1) is 32.5 Å². The number of rotatable bonds is 14. The second-order valence-electron chi connectivity index (χ2n) is 8.14. The summed E-state index contributed by atoms with van der Waals surface area (Å²) in [4.78, 5) is 16.1. The molecule has 31 heavy (non-hydrogen) atoms. The lowest BCUT2D eigenvalue weighted by Gasteiger charge is -2.31. The summed E-state index contributed by atoms with van der Waals surface area (Å²) in [6, 6.07) is 0.479. The summed E-state index contributed by atoms with van der Waals surface area (Å²) in [6.07, 6.45) is 8.63. The van der Waals surface area contributed by atoms with E-state index in [4.69, 9.17) is 24.9 Å². The van der Waals surface area contributed by atoms with Crippen LogP contribution in [-0.4, -0.2) is 86.8 Å². The zero-order chi connectivity index (χ0) is 21.7. The molecule has 0 bridgehead atoms. The molecule has 2 aliphatic rings. The molecule has 0 amide bonds. The van der Waals surface area contributed by atoms with Crippen molar-refractivity contribution in [3.8, 4) is 0 Å². The SMILES string of the molecule is CN(c1nc(NCCOCCOCCN)nc(NCC2CCCO2)n1)C1CCCCC1. The zero-order valence-electron chi connectivity index (χ0n) is 18.9. The number of nitrogens with two attached hydrogens (primary N) is 1. The number of anilines is 3. The Morgan fingerprint density at radius 3 is 2.39 bits per heavy atom. The van der Waals surface area contributed by atoms with Crippen LogP contribution in [0, 0.1) is 0 Å². The number of hydrogen-bond acceptors (Lipinski definition) is 10. The second-order valence-corrected chi connectivity index (χ2v) is 8.14. The number of hydrogen-bond donors (Lipinski definition) is 3. The monoisotopic (exact) mass is 437 g/mol. The van der Waals surface area contributed by atoms with Gasteiger partial charge in [-0.25, -0.2) is 0 Å². The Hall–Kier alpha value is -1.75. The smallest absolute Gasteiger partial charge is 0.231 e. The van der Waals surface area contributed by atoms with Crippen LogP contribution in [0.1, 0.15) is 44.9 Å². The molecule has 1 saturated heterocycles. The summed E-state index contributed by atoms with van der Waals surface area (Å²) in [7, 11) is 2.09. The van der Waals surface area contributed by atoms with Gasteiger partial charge in [-0.15, -0.1) is 0 Å². The van der Waals surface area contributed by atoms with Gasteiger partial charge in [-0.2, -0.15) is 15.0 Å². The van der Waals surface area contributed by atoms with Crippen LogP contribution in [0.4, 0.5) is 17.8 Å². The number of ether oxygens (including phenoxy) is 3. The Bertz CT molecular complexity index is 625. The Balaban J connectivity index is 1.54. The molecule has 1 aliphatic heterocycles. The summed E-state index contributed by atoms with van der Waals surface area (Å²) >= 11 is 0. The van der Waals surface area contributed by atoms with Crippen LogP contribution in [0.15, 0.2) is 0 Å². The molecule has 0 spiro atoms. The van der Waals surface area contributed by atoms with E-state index in [1.807, 2.05) is 0 Å². The predicted molar refractivity (Wildman–Crippen MR) is 122 cm³/mol. The Kier molecular flexibility index (Phi) is 10.5. The van der Waals surface area contributed by atoms with Gasteiger partial charge < -0.3 is 35.5 Å². The van der Waals surface area contributed by atoms with Crippen LogP contribution in [0.5, 0.6) is 0 Å². The van der Waals surface area contributed by atoms with Crippen molar-refractivity contribution in [2.75, 3.05) is 75.2 Å². The Morgan fingerprint density at radius 1 is 0.935 bits per heavy atom. The van der Waals surface area contributed by atoms with Crippen LogP contribution < -0.4 is 21.3 Å². The van der Waals surface area contributed by atoms with Gasteiger partial charge in [0.15, 0.2) is 0 Å². The van der Waals surface area contributed by atoms with Gasteiger partial charge in [-0.1, -0.05) is 19.3 Å². The molecule has 1 saturated carbocycles. The number of aromatic nitrogens is 3. The highest BCUT2D eigenvalue weighted by atomic mass is 16.5. The first kappa shape index (κ1) is 23.9. The van der Waals surface area contributed by atoms with E-state index in [-0.39, 0.29) is 6.10 Å². The predicted octanol–water partition coefficient (Wildman–Crippen LogP) is 1.64. The minimum absolute atomic E-state index is 0.225. The third-order valence-electron chi connectivity index (χ3n) is 5.74. The van der Waals surface area contributed by atoms with Crippen molar-refractivity contribution in [2.45, 2.75) is 57.1 Å². The summed E-state index contributed by atoms with van der Waals surface area (Å²) in [6.45, 7) is 4.89. The number of nitrogens with zero attached hydrogens (tertiary/aromatic N) is 4. The van der Waals surface area contributed by atoms with E-state index in [9.17, 15) is 0 Å². The van der Waals surface area contributed by atoms with Gasteiger partial charge in [0.2, 0.25) is 17.8 Å². The maximum absolute atomic E-state index is 5.71. The standard InChI is InChI=1S/C21H39N7O3/c1-28(17-6-3-2-4-7-17)21-26-19(23-10-13-30-15-14-29-12-9-22)25-20(27-21)24-16-18-8-5-11-31-18/h17-18H,2-16,22H2,1H3,(H2,23,24,25,26,27). The van der Waals surface area contributed by atoms with Crippen LogP contribution in [0.2, 0.25) is 0 Å². The van der Waals surface area contributed by atoms with Crippen molar-refractivity contribution < 1.29 is 14.2 Å². The first-order chi connectivity index (χ1) is 15.3. The van der Waals surface area contributed by atoms with E-state index in [1.165, 1.54) is 32.1 Å². The molecule has 1 aromatic heterocycles. The van der Waals surface area contributed by atoms with Gasteiger partial charge in [-0.3, -0.25) is 0 Å². The molecule has 2 heterocycles. The maximum atomic E-state index is 5.71. The van der Waals surface area contributed by atoms with Crippen LogP contribution in [0.3, 0.4) is 0 Å². The van der Waals surface area contributed by atoms with E-state index < -0.39 is 0 Å². The largest absolute Gasteiger partial charge is 0.378 e. The average Bonchev–Trinajstić information content (AvgIpc) is 3.33. The van der Waals surface area contributed by atoms with Gasteiger partial charge >= 0.3 is 0 Å². The zero-order valence-corrected chi connectivity index (χ0v) is 18.9. The van der Waals surface area contributed by atoms with Gasteiger partial charge in [0.1, 0.15) is 0 Å². The molecule has 1 aromatic rings. The van der Waals surface area contributed by atoms with Crippen molar-refractivity contribution >= 4 is 17.8 Å². The van der Waals surface area contributed by atoms with Crippen LogP contribution in [0.25, 0.3) is 0 Å². The van der Waals surface area contributed by atoms with E-state index in [0.29, 0.717) is 69.9 Å². The maximum Gasteiger partial charge on any atom is 0.231 e. The summed E-state index contributed by atoms with van der Waals surface area (Å²) in [5.74, 6) is 1.85. The highest BCUT2D eigenvalue weighted by molar-refractivity contribution is 5.44. The molecule has 2 fully saturated rings. The Morgan fingerprint density at radius 2 is 1.68 bits per heavy atom. The third kappa shape index (κ3) is 8.36. The van der Waals surface area contributed by atoms with E-state index in [1.54, 1.807) is 0 Å². The first-order valence-electron chi connectivity index (χ1n) is 11.7. The lowest BCUT2D eigenvalue weighted by Crippen LogP contribution is -2.35. The Labute approximate surface area is 185 Å². The van der Waals surface area contributed by atoms with Crippen LogP contribution in [-0.2, 0) is 14.2 Å². The summed E-state index contributed by atoms with van der Waals surface area (Å²) < 4.78 is 16.6. The van der Waals surface area contributed by atoms with Gasteiger partial charge in [0, 0.05) is 39.3 Å². The molecule has 0 aromatic carbocycles. The van der Waals surface area contributed by atoms with E-state index >= 15 is 0 Å². The van der Waals surface area contributed by atoms with Crippen molar-refractivity contribution in [3.63, 3.8) is 0 Å². The highest BCUT2D eigenvalue weighted by Crippen LogP contribution is 2.25. The minimum atomic E-state index is 0.225. The quantitative estimate of drug-likeness (QED) is 0.370. The first-order valence-corrected chi connectivity index (χ1v) is 11.7. The lowest BCUT2D eigenvalue weighted by atomic mass is 9.95. The van der Waals surface area contributed by atoms with Crippen molar-refractivity contribution in [1.82, 2.24) is 15.0 Å². The summed E-state index contributed by atoms with van der Waals surface area (Å²) in [5.41, 5.74) is 5.39. The molecule has 1 aliphatic carbocycles. The van der Waals surface area contributed by atoms with Crippen molar-refractivity contribution in [3.05, 3.63) is 0 Å². The second kappa shape index (κ2) is 13.6. The average molecular weight is 438 g/mol. The van der Waals surface area contributed by atoms with Gasteiger partial charge in [0.25, 0.3) is 0 Å². The summed E-state index contributed by atoms with van der Waals surface area (Å²) in [5, 5.41) is 6.61. The molecule has 1 unspecified atom stereocenters. The molecule has 1 atom stereocenters. The minimum Gasteiger partial charge on any atom is -0.378 e. The lowest BCUT2D eigenvalue weighted by molar-refractivity contribution is 0.0547. The molecule has 0 radical (unpaired) electrons. The molecular weight excluding hydrogens is 398 g/mol. The van der Waals surface area contributed by atoms with Crippen LogP contribution >= 0.6 is 0 Å². The normalized spacial score (nSPS) is 19.5. The topological polar surface area (TPSA) is 120 Å². The fraction of sp³-hybridized carbons (Fsp3) is 0.857. The molecule has 3 rings (SSSR count). The third-order valence-corrected chi connectivity index (χ3v) is 5.74. The van der Waals surface area contributed by atoms with Crippen molar-refractivity contribution in [1.29, 1.82) is 0 Å². The molecule has 176 valence electrons.